The van der Waals surface area contributed by atoms with Crippen molar-refractivity contribution in [2.24, 2.45) is 4.99 Å². The van der Waals surface area contributed by atoms with Gasteiger partial charge in [-0.25, -0.2) is 4.99 Å². The van der Waals surface area contributed by atoms with E-state index in [1.54, 1.807) is 24.3 Å². The first kappa shape index (κ1) is 20.0. The zero-order valence-electron chi connectivity index (χ0n) is 14.6. The zero-order chi connectivity index (χ0) is 20.1. The van der Waals surface area contributed by atoms with Crippen molar-refractivity contribution in [3.05, 3.63) is 57.4 Å². The van der Waals surface area contributed by atoms with Crippen molar-refractivity contribution in [2.45, 2.75) is 0 Å². The summed E-state index contributed by atoms with van der Waals surface area (Å²) in [4.78, 5) is 27.7. The van der Waals surface area contributed by atoms with Crippen LogP contribution in [-0.4, -0.2) is 30.8 Å². The summed E-state index contributed by atoms with van der Waals surface area (Å²) >= 11 is 4.61. The van der Waals surface area contributed by atoms with Gasteiger partial charge in [-0.3, -0.25) is 4.79 Å². The number of rotatable bonds is 6. The van der Waals surface area contributed by atoms with Crippen LogP contribution in [-0.2, 0) is 9.59 Å². The van der Waals surface area contributed by atoms with Crippen LogP contribution < -0.4 is 19.9 Å². The standard InChI is InChI=1S/C19H15BrN2O5S/c1-26-15-7-11(5-6-14(15)27-10-17(23)24)8-16-18(25)22-19(28-16)21-13-4-2-3-12(20)9-13/h2-9H,10H2,1H3,(H,23,24)(H,21,22,25)/p-1/b16-8-. The Bertz CT molecular complexity index is 990. The molecule has 0 bridgehead atoms. The topological polar surface area (TPSA) is 100 Å². The molecule has 3 rings (SSSR count). The second-order valence-corrected chi connectivity index (χ2v) is 7.48. The fourth-order valence-corrected chi connectivity index (χ4v) is 3.55. The monoisotopic (exact) mass is 461 g/mol. The van der Waals surface area contributed by atoms with Gasteiger partial charge in [-0.15, -0.1) is 0 Å². The van der Waals surface area contributed by atoms with Crippen LogP contribution in [0, 0.1) is 0 Å². The Morgan fingerprint density at radius 2 is 2.11 bits per heavy atom. The van der Waals surface area contributed by atoms with Gasteiger partial charge in [0.1, 0.15) is 6.61 Å². The molecular weight excluding hydrogens is 448 g/mol. The molecule has 0 aliphatic carbocycles. The molecule has 28 heavy (non-hydrogen) atoms. The summed E-state index contributed by atoms with van der Waals surface area (Å²) in [6, 6.07) is 12.3. The Hall–Kier alpha value is -2.78. The highest BCUT2D eigenvalue weighted by Crippen LogP contribution is 2.32. The van der Waals surface area contributed by atoms with E-state index < -0.39 is 12.6 Å². The van der Waals surface area contributed by atoms with E-state index in [1.807, 2.05) is 24.3 Å². The maximum absolute atomic E-state index is 12.2. The summed E-state index contributed by atoms with van der Waals surface area (Å²) in [6.07, 6.45) is 1.69. The molecule has 1 aliphatic heterocycles. The Labute approximate surface area is 173 Å². The average Bonchev–Trinajstić information content (AvgIpc) is 2.99. The van der Waals surface area contributed by atoms with Crippen molar-refractivity contribution in [1.29, 1.82) is 0 Å². The molecule has 1 saturated heterocycles. The van der Waals surface area contributed by atoms with Crippen LogP contribution in [0.2, 0.25) is 0 Å². The van der Waals surface area contributed by atoms with Gasteiger partial charge in [0.05, 0.1) is 23.7 Å². The molecule has 7 nitrogen and oxygen atoms in total. The predicted octanol–water partition coefficient (Wildman–Crippen LogP) is 2.48. The maximum atomic E-state index is 12.2. The number of aliphatic imine (C=N–C) groups is 1. The van der Waals surface area contributed by atoms with E-state index in [2.05, 4.69) is 26.2 Å². The fourth-order valence-electron chi connectivity index (χ4n) is 2.32. The lowest BCUT2D eigenvalue weighted by Crippen LogP contribution is -2.29. The zero-order valence-corrected chi connectivity index (χ0v) is 17.0. The second kappa shape index (κ2) is 8.94. The van der Waals surface area contributed by atoms with Crippen LogP contribution in [0.15, 0.2) is 56.8 Å². The third kappa shape index (κ3) is 5.14. The molecule has 1 amide bonds. The summed E-state index contributed by atoms with van der Waals surface area (Å²) in [5.74, 6) is -0.962. The first-order chi connectivity index (χ1) is 13.4. The van der Waals surface area contributed by atoms with E-state index >= 15 is 0 Å². The molecule has 1 N–H and O–H groups in total. The average molecular weight is 462 g/mol. The lowest BCUT2D eigenvalue weighted by Gasteiger charge is -2.11. The number of methoxy groups -OCH3 is 1. The Balaban J connectivity index is 1.79. The number of benzene rings is 2. The van der Waals surface area contributed by atoms with E-state index in [0.29, 0.717) is 21.4 Å². The molecule has 0 saturated carbocycles. The molecule has 0 unspecified atom stereocenters. The van der Waals surface area contributed by atoms with E-state index in [9.17, 15) is 14.7 Å². The molecule has 2 aromatic carbocycles. The van der Waals surface area contributed by atoms with Crippen molar-refractivity contribution >= 4 is 56.5 Å². The van der Waals surface area contributed by atoms with Crippen molar-refractivity contribution in [1.82, 2.24) is 5.32 Å². The highest BCUT2D eigenvalue weighted by atomic mass is 79.9. The first-order valence-electron chi connectivity index (χ1n) is 8.00. The number of hydrogen-bond donors (Lipinski definition) is 1. The number of carboxylic acids is 1. The number of ether oxygens (including phenoxy) is 2. The third-order valence-corrected chi connectivity index (χ3v) is 4.92. The van der Waals surface area contributed by atoms with Crippen LogP contribution in [0.25, 0.3) is 6.08 Å². The molecule has 9 heteroatoms. The second-order valence-electron chi connectivity index (χ2n) is 5.53. The van der Waals surface area contributed by atoms with Crippen LogP contribution in [0.5, 0.6) is 11.5 Å². The number of carbonyl (C=O) groups is 2. The molecule has 0 spiro atoms. The molecule has 1 aliphatic rings. The summed E-state index contributed by atoms with van der Waals surface area (Å²) in [6.45, 7) is -0.579. The number of halogens is 1. The van der Waals surface area contributed by atoms with Gasteiger partial charge in [0.2, 0.25) is 0 Å². The number of amides is 1. The molecule has 1 heterocycles. The summed E-state index contributed by atoms with van der Waals surface area (Å²) in [7, 11) is 1.44. The third-order valence-electron chi connectivity index (χ3n) is 3.52. The van der Waals surface area contributed by atoms with Gasteiger partial charge in [0.25, 0.3) is 5.91 Å². The van der Waals surface area contributed by atoms with Gasteiger partial charge in [-0.05, 0) is 53.7 Å². The Morgan fingerprint density at radius 3 is 2.82 bits per heavy atom. The molecule has 144 valence electrons. The molecule has 1 fully saturated rings. The highest BCUT2D eigenvalue weighted by molar-refractivity contribution is 9.10. The minimum absolute atomic E-state index is 0.255. The summed E-state index contributed by atoms with van der Waals surface area (Å²) < 4.78 is 11.2. The van der Waals surface area contributed by atoms with E-state index in [0.717, 1.165) is 10.2 Å². The SMILES string of the molecule is COc1cc(/C=C2\SC(=Nc3cccc(Br)c3)NC2=O)ccc1OCC(=O)[O-]. The van der Waals surface area contributed by atoms with Gasteiger partial charge in [0, 0.05) is 4.47 Å². The van der Waals surface area contributed by atoms with Crippen molar-refractivity contribution in [3.63, 3.8) is 0 Å². The van der Waals surface area contributed by atoms with Crippen LogP contribution >= 0.6 is 27.7 Å². The van der Waals surface area contributed by atoms with Gasteiger partial charge < -0.3 is 24.7 Å². The lowest BCUT2D eigenvalue weighted by molar-refractivity contribution is -0.307. The van der Waals surface area contributed by atoms with Gasteiger partial charge >= 0.3 is 0 Å². The highest BCUT2D eigenvalue weighted by Gasteiger charge is 2.24. The van der Waals surface area contributed by atoms with Crippen LogP contribution in [0.1, 0.15) is 5.56 Å². The Kier molecular flexibility index (Phi) is 6.37. The van der Waals surface area contributed by atoms with Gasteiger partial charge in [0.15, 0.2) is 16.7 Å². The maximum Gasteiger partial charge on any atom is 0.264 e. The number of carboxylic acid groups (broad SMARTS) is 1. The number of amidine groups is 1. The smallest absolute Gasteiger partial charge is 0.264 e. The first-order valence-corrected chi connectivity index (χ1v) is 9.61. The van der Waals surface area contributed by atoms with Gasteiger partial charge in [-0.1, -0.05) is 28.1 Å². The largest absolute Gasteiger partial charge is 0.546 e. The fraction of sp³-hybridized carbons (Fsp3) is 0.105. The molecule has 2 aromatic rings. The quantitative estimate of drug-likeness (QED) is 0.663. The van der Waals surface area contributed by atoms with Crippen LogP contribution in [0.3, 0.4) is 0 Å². The summed E-state index contributed by atoms with van der Waals surface area (Å²) in [5.41, 5.74) is 1.41. The molecule has 0 atom stereocenters. The summed E-state index contributed by atoms with van der Waals surface area (Å²) in [5, 5.41) is 13.7. The predicted molar refractivity (Wildman–Crippen MR) is 108 cm³/mol. The van der Waals surface area contributed by atoms with E-state index in [-0.39, 0.29) is 11.7 Å². The van der Waals surface area contributed by atoms with E-state index in [4.69, 9.17) is 9.47 Å². The van der Waals surface area contributed by atoms with Crippen molar-refractivity contribution in [3.8, 4) is 11.5 Å². The van der Waals surface area contributed by atoms with Crippen LogP contribution in [0.4, 0.5) is 5.69 Å². The number of hydrogen-bond acceptors (Lipinski definition) is 7. The number of aliphatic carboxylic acids is 1. The van der Waals surface area contributed by atoms with E-state index in [1.165, 1.54) is 18.9 Å². The number of nitrogens with one attached hydrogen (secondary N) is 1. The minimum Gasteiger partial charge on any atom is -0.546 e. The number of carbonyl (C=O) groups excluding carboxylic acids is 2. The normalized spacial score (nSPS) is 16.3. The molecular formula is C19H14BrN2O5S-. The van der Waals surface area contributed by atoms with Crippen molar-refractivity contribution in [2.75, 3.05) is 13.7 Å². The number of thioether (sulfide) groups is 1. The molecule has 0 radical (unpaired) electrons. The van der Waals surface area contributed by atoms with Gasteiger partial charge in [-0.2, -0.15) is 0 Å². The Morgan fingerprint density at radius 1 is 1.29 bits per heavy atom. The lowest BCUT2D eigenvalue weighted by atomic mass is 10.2. The molecule has 0 aromatic heterocycles. The number of nitrogens with zero attached hydrogens (tertiary/aromatic N) is 1. The minimum atomic E-state index is -1.33. The van der Waals surface area contributed by atoms with Crippen molar-refractivity contribution < 1.29 is 24.2 Å².